The molecule has 0 saturated carbocycles. The molecule has 2 aromatic rings. The molecule has 0 fully saturated rings. The third-order valence-corrected chi connectivity index (χ3v) is 2.43. The van der Waals surface area contributed by atoms with E-state index in [1.807, 2.05) is 38.1 Å². The van der Waals surface area contributed by atoms with Crippen molar-refractivity contribution in [3.05, 3.63) is 47.4 Å². The number of aryl methyl sites for hydroxylation is 2. The van der Waals surface area contributed by atoms with Gasteiger partial charge < -0.3 is 10.5 Å². The highest BCUT2D eigenvalue weighted by Gasteiger charge is 2.07. The average molecular weight is 229 g/mol. The summed E-state index contributed by atoms with van der Waals surface area (Å²) in [6.45, 7) is 4.19. The summed E-state index contributed by atoms with van der Waals surface area (Å²) in [6, 6.07) is 7.66. The lowest BCUT2D eigenvalue weighted by atomic mass is 10.2. The molecule has 0 amide bonds. The van der Waals surface area contributed by atoms with Gasteiger partial charge in [-0.15, -0.1) is 0 Å². The fourth-order valence-electron chi connectivity index (χ4n) is 1.49. The van der Waals surface area contributed by atoms with E-state index in [1.54, 1.807) is 6.20 Å². The van der Waals surface area contributed by atoms with Gasteiger partial charge in [0.25, 0.3) is 0 Å². The number of benzene rings is 1. The Morgan fingerprint density at radius 3 is 2.76 bits per heavy atom. The Morgan fingerprint density at radius 2 is 2.00 bits per heavy atom. The van der Waals surface area contributed by atoms with E-state index in [1.165, 1.54) is 0 Å². The fraction of sp³-hybridized carbons (Fsp3) is 0.231. The van der Waals surface area contributed by atoms with Gasteiger partial charge in [-0.2, -0.15) is 0 Å². The second kappa shape index (κ2) is 4.93. The maximum atomic E-state index is 5.76. The smallest absolute Gasteiger partial charge is 0.241 e. The van der Waals surface area contributed by atoms with Crippen molar-refractivity contribution in [2.24, 2.45) is 5.73 Å². The third kappa shape index (κ3) is 2.60. The average Bonchev–Trinajstić information content (AvgIpc) is 2.34. The van der Waals surface area contributed by atoms with Crippen LogP contribution in [-0.2, 0) is 6.54 Å². The minimum absolute atomic E-state index is 0.439. The van der Waals surface area contributed by atoms with Crippen LogP contribution in [-0.4, -0.2) is 9.97 Å². The largest absolute Gasteiger partial charge is 0.437 e. The highest BCUT2D eigenvalue weighted by Crippen LogP contribution is 2.25. The second-order valence-corrected chi connectivity index (χ2v) is 3.82. The van der Waals surface area contributed by atoms with Gasteiger partial charge in [-0.25, -0.2) is 4.98 Å². The number of nitrogens with zero attached hydrogens (tertiary/aromatic N) is 2. The third-order valence-electron chi connectivity index (χ3n) is 2.43. The van der Waals surface area contributed by atoms with Gasteiger partial charge in [0, 0.05) is 18.3 Å². The molecule has 0 aliphatic carbocycles. The van der Waals surface area contributed by atoms with Crippen molar-refractivity contribution < 1.29 is 4.74 Å². The molecule has 0 aliphatic heterocycles. The molecule has 1 aromatic heterocycles. The van der Waals surface area contributed by atoms with Crippen molar-refractivity contribution in [1.29, 1.82) is 0 Å². The Labute approximate surface area is 100 Å². The molecule has 0 atom stereocenters. The summed E-state index contributed by atoms with van der Waals surface area (Å²) in [4.78, 5) is 8.53. The van der Waals surface area contributed by atoms with Crippen molar-refractivity contribution in [3.63, 3.8) is 0 Å². The molecule has 0 aliphatic rings. The molecule has 0 saturated heterocycles. The van der Waals surface area contributed by atoms with Crippen LogP contribution in [0.15, 0.2) is 30.5 Å². The molecular formula is C13H15N3O. The summed E-state index contributed by atoms with van der Waals surface area (Å²) in [6.07, 6.45) is 1.72. The number of hydrogen-bond donors (Lipinski definition) is 1. The van der Waals surface area contributed by atoms with E-state index in [-0.39, 0.29) is 0 Å². The predicted octanol–water partition coefficient (Wildman–Crippen LogP) is 2.34. The molecule has 0 spiro atoms. The first-order chi connectivity index (χ1) is 8.20. The number of nitrogens with two attached hydrogens (primary N) is 1. The van der Waals surface area contributed by atoms with Crippen molar-refractivity contribution in [2.75, 3.05) is 0 Å². The van der Waals surface area contributed by atoms with Crippen molar-refractivity contribution in [1.82, 2.24) is 9.97 Å². The summed E-state index contributed by atoms with van der Waals surface area (Å²) in [5.74, 6) is 1.27. The Bertz CT molecular complexity index is 526. The Balaban J connectivity index is 2.34. The quantitative estimate of drug-likeness (QED) is 0.877. The number of ether oxygens (including phenoxy) is 1. The summed E-state index contributed by atoms with van der Waals surface area (Å²) < 4.78 is 5.76. The molecule has 0 unspecified atom stereocenters. The molecular weight excluding hydrogens is 214 g/mol. The highest BCUT2D eigenvalue weighted by atomic mass is 16.5. The van der Waals surface area contributed by atoms with Crippen molar-refractivity contribution in [2.45, 2.75) is 20.4 Å². The molecule has 1 heterocycles. The molecule has 4 heteroatoms. The lowest BCUT2D eigenvalue weighted by Crippen LogP contribution is -2.01. The number of aromatic nitrogens is 2. The summed E-state index contributed by atoms with van der Waals surface area (Å²) in [7, 11) is 0. The first kappa shape index (κ1) is 11.5. The molecule has 2 N–H and O–H groups in total. The molecule has 4 nitrogen and oxygen atoms in total. The van der Waals surface area contributed by atoms with Gasteiger partial charge in [0.05, 0.1) is 11.4 Å². The van der Waals surface area contributed by atoms with Gasteiger partial charge in [-0.05, 0) is 19.9 Å². The maximum absolute atomic E-state index is 5.76. The second-order valence-electron chi connectivity index (χ2n) is 3.82. The standard InChI is InChI=1S/C13H15N3O/c1-9-8-15-10(2)13(16-9)17-12-6-4-3-5-11(12)7-14/h3-6,8H,7,14H2,1-2H3. The van der Waals surface area contributed by atoms with E-state index in [2.05, 4.69) is 9.97 Å². The number of hydrogen-bond acceptors (Lipinski definition) is 4. The van der Waals surface area contributed by atoms with Gasteiger partial charge in [0.15, 0.2) is 0 Å². The molecule has 17 heavy (non-hydrogen) atoms. The molecule has 2 rings (SSSR count). The van der Waals surface area contributed by atoms with Gasteiger partial charge in [-0.3, -0.25) is 4.98 Å². The van der Waals surface area contributed by atoms with Crippen LogP contribution < -0.4 is 10.5 Å². The Hall–Kier alpha value is -1.94. The highest BCUT2D eigenvalue weighted by molar-refractivity contribution is 5.36. The fourth-order valence-corrected chi connectivity index (χ4v) is 1.49. The van der Waals surface area contributed by atoms with Gasteiger partial charge in [0.1, 0.15) is 5.75 Å². The minimum Gasteiger partial charge on any atom is -0.437 e. The van der Waals surface area contributed by atoms with Gasteiger partial charge in [0.2, 0.25) is 5.88 Å². The van der Waals surface area contributed by atoms with E-state index in [9.17, 15) is 0 Å². The van der Waals surface area contributed by atoms with Crippen LogP contribution in [0.4, 0.5) is 0 Å². The lowest BCUT2D eigenvalue weighted by Gasteiger charge is -2.10. The van der Waals surface area contributed by atoms with Gasteiger partial charge >= 0.3 is 0 Å². The zero-order valence-corrected chi connectivity index (χ0v) is 9.97. The van der Waals surface area contributed by atoms with E-state index in [0.717, 1.165) is 22.7 Å². The van der Waals surface area contributed by atoms with Crippen LogP contribution >= 0.6 is 0 Å². The SMILES string of the molecule is Cc1cnc(C)c(Oc2ccccc2CN)n1. The summed E-state index contributed by atoms with van der Waals surface area (Å²) in [5.41, 5.74) is 8.21. The van der Waals surface area contributed by atoms with Crippen LogP contribution in [0.25, 0.3) is 0 Å². The molecule has 0 radical (unpaired) electrons. The lowest BCUT2D eigenvalue weighted by molar-refractivity contribution is 0.448. The van der Waals surface area contributed by atoms with E-state index >= 15 is 0 Å². The molecule has 88 valence electrons. The van der Waals surface area contributed by atoms with Crippen LogP contribution in [0, 0.1) is 13.8 Å². The van der Waals surface area contributed by atoms with Gasteiger partial charge in [-0.1, -0.05) is 18.2 Å². The first-order valence-electron chi connectivity index (χ1n) is 5.47. The Morgan fingerprint density at radius 1 is 1.24 bits per heavy atom. The summed E-state index contributed by atoms with van der Waals surface area (Å²) >= 11 is 0. The van der Waals surface area contributed by atoms with Crippen molar-refractivity contribution >= 4 is 0 Å². The zero-order valence-electron chi connectivity index (χ0n) is 9.97. The normalized spacial score (nSPS) is 10.3. The van der Waals surface area contributed by atoms with Crippen LogP contribution in [0.2, 0.25) is 0 Å². The van der Waals surface area contributed by atoms with E-state index < -0.39 is 0 Å². The monoisotopic (exact) mass is 229 g/mol. The molecule has 0 bridgehead atoms. The first-order valence-corrected chi connectivity index (χ1v) is 5.47. The summed E-state index contributed by atoms with van der Waals surface area (Å²) in [5, 5.41) is 0. The zero-order chi connectivity index (χ0) is 12.3. The minimum atomic E-state index is 0.439. The van der Waals surface area contributed by atoms with Crippen molar-refractivity contribution in [3.8, 4) is 11.6 Å². The topological polar surface area (TPSA) is 61.0 Å². The number of para-hydroxylation sites is 1. The van der Waals surface area contributed by atoms with Crippen LogP contribution in [0.3, 0.4) is 0 Å². The van der Waals surface area contributed by atoms with E-state index in [0.29, 0.717) is 12.4 Å². The maximum Gasteiger partial charge on any atom is 0.241 e. The van der Waals surface area contributed by atoms with E-state index in [4.69, 9.17) is 10.5 Å². The number of rotatable bonds is 3. The molecule has 1 aromatic carbocycles. The van der Waals surface area contributed by atoms with Crippen LogP contribution in [0.1, 0.15) is 17.0 Å². The Kier molecular flexibility index (Phi) is 3.35. The van der Waals surface area contributed by atoms with Crippen LogP contribution in [0.5, 0.6) is 11.6 Å². The predicted molar refractivity (Wildman–Crippen MR) is 65.9 cm³/mol.